The minimum Gasteiger partial charge on any atom is -0.324 e. The highest BCUT2D eigenvalue weighted by molar-refractivity contribution is 6.03. The number of para-hydroxylation sites is 3. The van der Waals surface area contributed by atoms with Gasteiger partial charge in [-0.1, -0.05) is 24.3 Å². The highest BCUT2D eigenvalue weighted by atomic mass is 19.1. The number of hydrogen-bond acceptors (Lipinski definition) is 3. The number of aromatic amines is 1. The van der Waals surface area contributed by atoms with Crippen molar-refractivity contribution in [2.45, 2.75) is 6.42 Å². The minimum absolute atomic E-state index is 0.0421. The summed E-state index contributed by atoms with van der Waals surface area (Å²) in [5, 5.41) is 2.70. The van der Waals surface area contributed by atoms with Crippen molar-refractivity contribution in [1.82, 2.24) is 9.97 Å². The van der Waals surface area contributed by atoms with Crippen LogP contribution in [0.4, 0.5) is 16.0 Å². The molecule has 1 aliphatic heterocycles. The van der Waals surface area contributed by atoms with Gasteiger partial charge in [-0.25, -0.2) is 9.37 Å². The van der Waals surface area contributed by atoms with Gasteiger partial charge in [-0.2, -0.15) is 0 Å². The number of H-pyrrole nitrogens is 1. The van der Waals surface area contributed by atoms with Crippen molar-refractivity contribution >= 4 is 34.5 Å². The van der Waals surface area contributed by atoms with Gasteiger partial charge >= 0.3 is 0 Å². The third-order valence-corrected chi connectivity index (χ3v) is 4.27. The van der Waals surface area contributed by atoms with Crippen LogP contribution in [0.2, 0.25) is 0 Å². The van der Waals surface area contributed by atoms with Gasteiger partial charge in [-0.15, -0.1) is 0 Å². The zero-order chi connectivity index (χ0) is 17.4. The first kappa shape index (κ1) is 15.3. The summed E-state index contributed by atoms with van der Waals surface area (Å²) in [6.07, 6.45) is 0.0421. The summed E-state index contributed by atoms with van der Waals surface area (Å²) >= 11 is 0. The van der Waals surface area contributed by atoms with E-state index < -0.39 is 11.7 Å². The summed E-state index contributed by atoms with van der Waals surface area (Å²) in [5.74, 6) is -1.28. The summed E-state index contributed by atoms with van der Waals surface area (Å²) in [7, 11) is 0. The van der Waals surface area contributed by atoms with E-state index in [-0.39, 0.29) is 30.5 Å². The molecule has 1 unspecified atom stereocenters. The summed E-state index contributed by atoms with van der Waals surface area (Å²) in [4.78, 5) is 33.3. The Balaban J connectivity index is 1.50. The van der Waals surface area contributed by atoms with Crippen molar-refractivity contribution in [2.24, 2.45) is 5.92 Å². The number of anilines is 2. The molecule has 2 N–H and O–H groups in total. The van der Waals surface area contributed by atoms with Crippen LogP contribution in [-0.4, -0.2) is 28.3 Å². The van der Waals surface area contributed by atoms with E-state index in [0.717, 1.165) is 11.0 Å². The summed E-state index contributed by atoms with van der Waals surface area (Å²) < 4.78 is 13.9. The largest absolute Gasteiger partial charge is 0.324 e. The smallest absolute Gasteiger partial charge is 0.232 e. The fraction of sp³-hybridized carbons (Fsp3) is 0.167. The molecule has 2 heterocycles. The number of carbonyl (C=O) groups excluding carboxylic acids is 2. The molecule has 2 aromatic carbocycles. The maximum Gasteiger partial charge on any atom is 0.232 e. The van der Waals surface area contributed by atoms with Crippen molar-refractivity contribution in [3.63, 3.8) is 0 Å². The lowest BCUT2D eigenvalue weighted by Gasteiger charge is -2.17. The van der Waals surface area contributed by atoms with E-state index in [9.17, 15) is 14.0 Å². The van der Waals surface area contributed by atoms with Crippen molar-refractivity contribution in [3.05, 3.63) is 54.3 Å². The van der Waals surface area contributed by atoms with Crippen LogP contribution >= 0.6 is 0 Å². The Morgan fingerprint density at radius 3 is 2.76 bits per heavy atom. The third kappa shape index (κ3) is 2.84. The van der Waals surface area contributed by atoms with Gasteiger partial charge in [0.2, 0.25) is 17.8 Å². The van der Waals surface area contributed by atoms with Crippen LogP contribution in [0.5, 0.6) is 0 Å². The molecule has 3 aromatic rings. The Morgan fingerprint density at radius 1 is 1.20 bits per heavy atom. The second-order valence-electron chi connectivity index (χ2n) is 5.95. The highest BCUT2D eigenvalue weighted by Crippen LogP contribution is 2.28. The Morgan fingerprint density at radius 2 is 1.96 bits per heavy atom. The SMILES string of the molecule is O=C(Nc1nc2ccccc2[nH]1)C1CC(=O)N(c2ccccc2F)C1. The molecule has 1 fully saturated rings. The molecular weight excluding hydrogens is 323 g/mol. The monoisotopic (exact) mass is 338 g/mol. The molecule has 0 saturated carbocycles. The van der Waals surface area contributed by atoms with Gasteiger partial charge in [0.05, 0.1) is 22.6 Å². The molecule has 0 aliphatic carbocycles. The fourth-order valence-electron chi connectivity index (χ4n) is 3.02. The van der Waals surface area contributed by atoms with Gasteiger partial charge in [-0.05, 0) is 24.3 Å². The van der Waals surface area contributed by atoms with Crippen LogP contribution < -0.4 is 10.2 Å². The molecule has 4 rings (SSSR count). The first-order valence-corrected chi connectivity index (χ1v) is 7.92. The first-order valence-electron chi connectivity index (χ1n) is 7.92. The van der Waals surface area contributed by atoms with Crippen LogP contribution in [0.3, 0.4) is 0 Å². The van der Waals surface area contributed by atoms with Gasteiger partial charge in [0.15, 0.2) is 0 Å². The number of rotatable bonds is 3. The lowest BCUT2D eigenvalue weighted by Crippen LogP contribution is -2.28. The van der Waals surface area contributed by atoms with Gasteiger partial charge in [-0.3, -0.25) is 14.9 Å². The van der Waals surface area contributed by atoms with Crippen LogP contribution in [0.1, 0.15) is 6.42 Å². The van der Waals surface area contributed by atoms with E-state index in [1.165, 1.54) is 17.0 Å². The zero-order valence-corrected chi connectivity index (χ0v) is 13.2. The molecule has 1 aliphatic rings. The predicted octanol–water partition coefficient (Wildman–Crippen LogP) is 2.69. The van der Waals surface area contributed by atoms with Crippen molar-refractivity contribution in [3.8, 4) is 0 Å². The number of fused-ring (bicyclic) bond motifs is 1. The molecular formula is C18H15FN4O2. The molecule has 1 saturated heterocycles. The van der Waals surface area contributed by atoms with Crippen LogP contribution in [0.15, 0.2) is 48.5 Å². The van der Waals surface area contributed by atoms with E-state index >= 15 is 0 Å². The van der Waals surface area contributed by atoms with Gasteiger partial charge in [0.25, 0.3) is 0 Å². The molecule has 0 spiro atoms. The number of benzene rings is 2. The van der Waals surface area contributed by atoms with Gasteiger partial charge < -0.3 is 9.88 Å². The number of imidazole rings is 1. The normalized spacial score (nSPS) is 17.2. The highest BCUT2D eigenvalue weighted by Gasteiger charge is 2.36. The molecule has 0 bridgehead atoms. The fourth-order valence-corrected chi connectivity index (χ4v) is 3.02. The Bertz CT molecular complexity index is 935. The van der Waals surface area contributed by atoms with Gasteiger partial charge in [0, 0.05) is 13.0 Å². The lowest BCUT2D eigenvalue weighted by atomic mass is 10.1. The number of nitrogens with zero attached hydrogens (tertiary/aromatic N) is 2. The Hall–Kier alpha value is -3.22. The Labute approximate surface area is 142 Å². The summed E-state index contributed by atoms with van der Waals surface area (Å²) in [5.41, 5.74) is 1.76. The average Bonchev–Trinajstić information content (AvgIpc) is 3.18. The topological polar surface area (TPSA) is 78.1 Å². The first-order chi connectivity index (χ1) is 12.1. The quantitative estimate of drug-likeness (QED) is 0.771. The number of carbonyl (C=O) groups is 2. The molecule has 1 aromatic heterocycles. The van der Waals surface area contributed by atoms with E-state index in [1.807, 2.05) is 24.3 Å². The van der Waals surface area contributed by atoms with Crippen LogP contribution in [0, 0.1) is 11.7 Å². The van der Waals surface area contributed by atoms with Crippen molar-refractivity contribution in [2.75, 3.05) is 16.8 Å². The molecule has 25 heavy (non-hydrogen) atoms. The molecule has 1 atom stereocenters. The predicted molar refractivity (Wildman–Crippen MR) is 91.6 cm³/mol. The maximum atomic E-state index is 13.9. The molecule has 0 radical (unpaired) electrons. The second kappa shape index (κ2) is 6.01. The maximum absolute atomic E-state index is 13.9. The van der Waals surface area contributed by atoms with E-state index in [2.05, 4.69) is 15.3 Å². The second-order valence-corrected chi connectivity index (χ2v) is 5.95. The summed E-state index contributed by atoms with van der Waals surface area (Å²) in [6, 6.07) is 13.5. The average molecular weight is 338 g/mol. The third-order valence-electron chi connectivity index (χ3n) is 4.27. The van der Waals surface area contributed by atoms with E-state index in [1.54, 1.807) is 12.1 Å². The van der Waals surface area contributed by atoms with E-state index in [0.29, 0.717) is 5.95 Å². The zero-order valence-electron chi connectivity index (χ0n) is 13.2. The van der Waals surface area contributed by atoms with E-state index in [4.69, 9.17) is 0 Å². The lowest BCUT2D eigenvalue weighted by molar-refractivity contribution is -0.122. The van der Waals surface area contributed by atoms with Crippen molar-refractivity contribution in [1.29, 1.82) is 0 Å². The molecule has 126 valence electrons. The van der Waals surface area contributed by atoms with Crippen LogP contribution in [-0.2, 0) is 9.59 Å². The summed E-state index contributed by atoms with van der Waals surface area (Å²) in [6.45, 7) is 0.145. The minimum atomic E-state index is -0.555. The number of halogens is 1. The molecule has 2 amide bonds. The number of amides is 2. The number of nitrogens with one attached hydrogen (secondary N) is 2. The number of hydrogen-bond donors (Lipinski definition) is 2. The molecule has 6 nitrogen and oxygen atoms in total. The van der Waals surface area contributed by atoms with Crippen molar-refractivity contribution < 1.29 is 14.0 Å². The van der Waals surface area contributed by atoms with Gasteiger partial charge in [0.1, 0.15) is 5.82 Å². The Kier molecular flexibility index (Phi) is 3.68. The standard InChI is InChI=1S/C18H15FN4O2/c19-12-5-1-4-8-15(12)23-10-11(9-16(23)24)17(25)22-18-20-13-6-2-3-7-14(13)21-18/h1-8,11H,9-10H2,(H2,20,21,22,25). The molecule has 7 heteroatoms. The number of aromatic nitrogens is 2. The van der Waals surface area contributed by atoms with Crippen LogP contribution in [0.25, 0.3) is 11.0 Å².